The predicted octanol–water partition coefficient (Wildman–Crippen LogP) is 3.13. The van der Waals surface area contributed by atoms with Crippen molar-refractivity contribution < 1.29 is 4.39 Å². The third-order valence-electron chi connectivity index (χ3n) is 3.07. The Labute approximate surface area is 117 Å². The maximum Gasteiger partial charge on any atom is 0.126 e. The lowest BCUT2D eigenvalue weighted by atomic mass is 10.0. The van der Waals surface area contributed by atoms with Crippen molar-refractivity contribution in [2.24, 2.45) is 0 Å². The summed E-state index contributed by atoms with van der Waals surface area (Å²) in [6.45, 7) is 4.95. The van der Waals surface area contributed by atoms with E-state index in [0.717, 1.165) is 29.1 Å². The van der Waals surface area contributed by atoms with Crippen LogP contribution in [0.1, 0.15) is 36.0 Å². The summed E-state index contributed by atoms with van der Waals surface area (Å²) in [7, 11) is 0. The smallest absolute Gasteiger partial charge is 0.126 e. The maximum absolute atomic E-state index is 13.8. The lowest BCUT2D eigenvalue weighted by Gasteiger charge is -2.17. The number of likely N-dealkylation sites (N-methyl/N-ethyl adjacent to an activating group) is 1. The molecule has 0 saturated carbocycles. The fourth-order valence-electron chi connectivity index (χ4n) is 2.11. The number of nitrogens with one attached hydrogen (secondary N) is 1. The molecule has 1 aromatic heterocycles. The van der Waals surface area contributed by atoms with E-state index in [1.807, 2.05) is 12.1 Å². The van der Waals surface area contributed by atoms with Crippen LogP contribution in [0.15, 0.2) is 24.3 Å². The summed E-state index contributed by atoms with van der Waals surface area (Å²) in [6, 6.07) is 7.00. The van der Waals surface area contributed by atoms with Gasteiger partial charge in [-0.15, -0.1) is 5.10 Å². The average Bonchev–Trinajstić information content (AvgIpc) is 2.89. The van der Waals surface area contributed by atoms with Gasteiger partial charge in [0.15, 0.2) is 0 Å². The van der Waals surface area contributed by atoms with E-state index in [0.29, 0.717) is 6.42 Å². The molecule has 2 aromatic rings. The highest BCUT2D eigenvalue weighted by Gasteiger charge is 2.19. The van der Waals surface area contributed by atoms with Gasteiger partial charge < -0.3 is 5.32 Å². The summed E-state index contributed by atoms with van der Waals surface area (Å²) in [6.07, 6.45) is 1.47. The second kappa shape index (κ2) is 6.73. The molecular weight excluding hydrogens is 261 g/mol. The zero-order chi connectivity index (χ0) is 13.7. The number of halogens is 1. The second-order valence-electron chi connectivity index (χ2n) is 4.34. The molecule has 0 aliphatic heterocycles. The molecular formula is C14H18FN3S. The van der Waals surface area contributed by atoms with Crippen molar-refractivity contribution >= 4 is 11.5 Å². The number of aromatic nitrogens is 2. The van der Waals surface area contributed by atoms with Gasteiger partial charge in [0.2, 0.25) is 0 Å². The van der Waals surface area contributed by atoms with Gasteiger partial charge in [-0.05, 0) is 42.5 Å². The number of nitrogens with zero attached hydrogens (tertiary/aromatic N) is 2. The predicted molar refractivity (Wildman–Crippen MR) is 75.8 cm³/mol. The Bertz CT molecular complexity index is 527. The average molecular weight is 279 g/mol. The molecule has 1 unspecified atom stereocenters. The van der Waals surface area contributed by atoms with Gasteiger partial charge in [0.1, 0.15) is 5.82 Å². The molecule has 5 heteroatoms. The Morgan fingerprint density at radius 2 is 2.11 bits per heavy atom. The Morgan fingerprint density at radius 1 is 1.32 bits per heavy atom. The van der Waals surface area contributed by atoms with Crippen LogP contribution in [-0.4, -0.2) is 16.1 Å². The zero-order valence-corrected chi connectivity index (χ0v) is 12.0. The summed E-state index contributed by atoms with van der Waals surface area (Å²) in [5.41, 5.74) is 1.73. The minimum absolute atomic E-state index is 0.0804. The Morgan fingerprint density at radius 3 is 2.79 bits per heavy atom. The zero-order valence-electron chi connectivity index (χ0n) is 11.2. The monoisotopic (exact) mass is 279 g/mol. The molecule has 0 fully saturated rings. The standard InChI is InChI=1S/C14H18FN3S/c1-3-12-14(19-18-17-12)13(16-4-2)9-10-7-5-6-8-11(10)15/h5-8,13,16H,3-4,9H2,1-2H3. The number of hydrogen-bond donors (Lipinski definition) is 1. The fraction of sp³-hybridized carbons (Fsp3) is 0.429. The van der Waals surface area contributed by atoms with E-state index < -0.39 is 0 Å². The van der Waals surface area contributed by atoms with E-state index in [-0.39, 0.29) is 11.9 Å². The van der Waals surface area contributed by atoms with Gasteiger partial charge >= 0.3 is 0 Å². The van der Waals surface area contributed by atoms with Crippen LogP contribution in [0.5, 0.6) is 0 Å². The van der Waals surface area contributed by atoms with Crippen molar-refractivity contribution in [3.05, 3.63) is 46.2 Å². The molecule has 0 radical (unpaired) electrons. The molecule has 0 bridgehead atoms. The highest BCUT2D eigenvalue weighted by molar-refractivity contribution is 7.05. The first-order valence-corrected chi connectivity index (χ1v) is 7.31. The lowest BCUT2D eigenvalue weighted by Crippen LogP contribution is -2.23. The highest BCUT2D eigenvalue weighted by atomic mass is 32.1. The van der Waals surface area contributed by atoms with Crippen LogP contribution in [0.25, 0.3) is 0 Å². The lowest BCUT2D eigenvalue weighted by molar-refractivity contribution is 0.530. The van der Waals surface area contributed by atoms with E-state index in [2.05, 4.69) is 28.8 Å². The highest BCUT2D eigenvalue weighted by Crippen LogP contribution is 2.25. The molecule has 1 aromatic carbocycles. The molecule has 3 nitrogen and oxygen atoms in total. The Hall–Kier alpha value is -1.33. The summed E-state index contributed by atoms with van der Waals surface area (Å²) >= 11 is 1.40. The van der Waals surface area contributed by atoms with Crippen molar-refractivity contribution in [1.29, 1.82) is 0 Å². The molecule has 0 amide bonds. The second-order valence-corrected chi connectivity index (χ2v) is 5.13. The number of benzene rings is 1. The van der Waals surface area contributed by atoms with Crippen molar-refractivity contribution in [2.75, 3.05) is 6.54 Å². The van der Waals surface area contributed by atoms with Crippen molar-refractivity contribution in [3.8, 4) is 0 Å². The van der Waals surface area contributed by atoms with Crippen LogP contribution in [0.3, 0.4) is 0 Å². The summed E-state index contributed by atoms with van der Waals surface area (Å²) < 4.78 is 17.8. The van der Waals surface area contributed by atoms with Crippen molar-refractivity contribution in [3.63, 3.8) is 0 Å². The minimum atomic E-state index is -0.152. The summed E-state index contributed by atoms with van der Waals surface area (Å²) in [4.78, 5) is 1.12. The largest absolute Gasteiger partial charge is 0.309 e. The molecule has 2 rings (SSSR count). The maximum atomic E-state index is 13.8. The van der Waals surface area contributed by atoms with E-state index >= 15 is 0 Å². The molecule has 19 heavy (non-hydrogen) atoms. The van der Waals surface area contributed by atoms with Crippen LogP contribution in [-0.2, 0) is 12.8 Å². The van der Waals surface area contributed by atoms with Crippen LogP contribution in [0, 0.1) is 5.82 Å². The summed E-state index contributed by atoms with van der Waals surface area (Å²) in [5.74, 6) is -0.152. The normalized spacial score (nSPS) is 12.6. The molecule has 0 aliphatic rings. The van der Waals surface area contributed by atoms with E-state index in [1.165, 1.54) is 17.6 Å². The number of rotatable bonds is 6. The SMILES string of the molecule is CCNC(Cc1ccccc1F)c1snnc1CC. The molecule has 1 N–H and O–H groups in total. The molecule has 1 atom stereocenters. The van der Waals surface area contributed by atoms with Gasteiger partial charge in [-0.3, -0.25) is 0 Å². The van der Waals surface area contributed by atoms with Gasteiger partial charge in [0, 0.05) is 6.04 Å². The van der Waals surface area contributed by atoms with Gasteiger partial charge in [-0.25, -0.2) is 4.39 Å². The van der Waals surface area contributed by atoms with Crippen LogP contribution >= 0.6 is 11.5 Å². The quantitative estimate of drug-likeness (QED) is 0.882. The molecule has 0 spiro atoms. The molecule has 102 valence electrons. The van der Waals surface area contributed by atoms with E-state index in [4.69, 9.17) is 0 Å². The van der Waals surface area contributed by atoms with Crippen molar-refractivity contribution in [1.82, 2.24) is 14.9 Å². The van der Waals surface area contributed by atoms with Gasteiger partial charge in [-0.2, -0.15) is 0 Å². The third-order valence-corrected chi connectivity index (χ3v) is 3.95. The molecule has 0 saturated heterocycles. The van der Waals surface area contributed by atoms with Crippen LogP contribution < -0.4 is 5.32 Å². The Balaban J connectivity index is 2.24. The Kier molecular flexibility index (Phi) is 4.99. The van der Waals surface area contributed by atoms with Crippen LogP contribution in [0.4, 0.5) is 4.39 Å². The fourth-order valence-corrected chi connectivity index (χ4v) is 2.92. The van der Waals surface area contributed by atoms with Gasteiger partial charge in [0.25, 0.3) is 0 Å². The topological polar surface area (TPSA) is 37.8 Å². The summed E-state index contributed by atoms with van der Waals surface area (Å²) in [5, 5.41) is 7.54. The minimum Gasteiger partial charge on any atom is -0.309 e. The van der Waals surface area contributed by atoms with Gasteiger partial charge in [-0.1, -0.05) is 36.5 Å². The van der Waals surface area contributed by atoms with E-state index in [1.54, 1.807) is 6.07 Å². The number of hydrogen-bond acceptors (Lipinski definition) is 4. The van der Waals surface area contributed by atoms with Crippen molar-refractivity contribution in [2.45, 2.75) is 32.7 Å². The first-order valence-electron chi connectivity index (χ1n) is 6.54. The molecule has 1 heterocycles. The third kappa shape index (κ3) is 3.36. The van der Waals surface area contributed by atoms with E-state index in [9.17, 15) is 4.39 Å². The van der Waals surface area contributed by atoms with Crippen LogP contribution in [0.2, 0.25) is 0 Å². The number of aryl methyl sites for hydroxylation is 1. The first-order chi connectivity index (χ1) is 9.26. The molecule has 0 aliphatic carbocycles. The van der Waals surface area contributed by atoms with Gasteiger partial charge in [0.05, 0.1) is 10.6 Å². The first kappa shape index (κ1) is 14.1.